The van der Waals surface area contributed by atoms with Crippen molar-refractivity contribution in [3.8, 4) is 11.5 Å². The van der Waals surface area contributed by atoms with Crippen LogP contribution in [-0.4, -0.2) is 36.7 Å². The lowest BCUT2D eigenvalue weighted by Gasteiger charge is -2.31. The van der Waals surface area contributed by atoms with Crippen molar-refractivity contribution in [1.82, 2.24) is 10.2 Å². The Bertz CT molecular complexity index is 676. The predicted molar refractivity (Wildman–Crippen MR) is 105 cm³/mol. The smallest absolute Gasteiger partial charge is 0.231 e. The molecule has 1 unspecified atom stereocenters. The summed E-state index contributed by atoms with van der Waals surface area (Å²) < 4.78 is 10.8. The lowest BCUT2D eigenvalue weighted by Crippen LogP contribution is -2.39. The molecule has 2 heterocycles. The summed E-state index contributed by atoms with van der Waals surface area (Å²) in [7, 11) is 0. The summed E-state index contributed by atoms with van der Waals surface area (Å²) >= 11 is 6.34. The van der Waals surface area contributed by atoms with Crippen LogP contribution in [0.4, 0.5) is 0 Å². The summed E-state index contributed by atoms with van der Waals surface area (Å²) in [6, 6.07) is 4.16. The molecule has 1 atom stereocenters. The van der Waals surface area contributed by atoms with Crippen molar-refractivity contribution in [1.29, 1.82) is 0 Å². The molecule has 1 aromatic rings. The molecule has 0 bridgehead atoms. The van der Waals surface area contributed by atoms with Gasteiger partial charge in [-0.3, -0.25) is 4.79 Å². The van der Waals surface area contributed by atoms with E-state index in [0.29, 0.717) is 41.6 Å². The second-order valence-electron chi connectivity index (χ2n) is 8.00. The van der Waals surface area contributed by atoms with E-state index in [9.17, 15) is 4.79 Å². The molecule has 1 N–H and O–H groups in total. The van der Waals surface area contributed by atoms with E-state index in [1.54, 1.807) is 0 Å². The van der Waals surface area contributed by atoms with Gasteiger partial charge in [0.2, 0.25) is 12.7 Å². The number of likely N-dealkylation sites (tertiary alicyclic amines) is 1. The minimum absolute atomic E-state index is 0.259. The van der Waals surface area contributed by atoms with Gasteiger partial charge in [-0.25, -0.2) is 0 Å². The molecule has 1 aliphatic carbocycles. The van der Waals surface area contributed by atoms with Gasteiger partial charge in [0.15, 0.2) is 11.5 Å². The average molecular weight is 393 g/mol. The molecule has 6 heteroatoms. The Balaban J connectivity index is 1.25. The third-order valence-corrected chi connectivity index (χ3v) is 6.50. The second-order valence-corrected chi connectivity index (χ2v) is 8.41. The van der Waals surface area contributed by atoms with Crippen LogP contribution in [0.3, 0.4) is 0 Å². The molecule has 5 nitrogen and oxygen atoms in total. The molecule has 1 amide bonds. The molecule has 148 valence electrons. The number of ether oxygens (including phenoxy) is 2. The molecule has 0 radical (unpaired) electrons. The minimum Gasteiger partial charge on any atom is -0.454 e. The minimum atomic E-state index is 0.259. The van der Waals surface area contributed by atoms with E-state index in [0.717, 1.165) is 37.2 Å². The van der Waals surface area contributed by atoms with Crippen LogP contribution in [0.2, 0.25) is 5.02 Å². The van der Waals surface area contributed by atoms with Crippen LogP contribution in [-0.2, 0) is 11.3 Å². The number of rotatable bonds is 7. The van der Waals surface area contributed by atoms with Crippen molar-refractivity contribution >= 4 is 17.5 Å². The number of halogens is 1. The van der Waals surface area contributed by atoms with Gasteiger partial charge in [-0.15, -0.1) is 0 Å². The fourth-order valence-electron chi connectivity index (χ4n) is 4.58. The van der Waals surface area contributed by atoms with Crippen LogP contribution >= 0.6 is 11.6 Å². The fraction of sp³-hybridized carbons (Fsp3) is 0.667. The highest BCUT2D eigenvalue weighted by Gasteiger charge is 2.32. The quantitative estimate of drug-likeness (QED) is 0.709. The normalized spacial score (nSPS) is 22.6. The van der Waals surface area contributed by atoms with Crippen LogP contribution in [0.1, 0.15) is 56.9 Å². The number of nitrogens with one attached hydrogen (secondary N) is 1. The van der Waals surface area contributed by atoms with E-state index < -0.39 is 0 Å². The lowest BCUT2D eigenvalue weighted by molar-refractivity contribution is -0.129. The molecule has 2 aliphatic heterocycles. The Kier molecular flexibility index (Phi) is 6.08. The van der Waals surface area contributed by atoms with Gasteiger partial charge >= 0.3 is 0 Å². The maximum Gasteiger partial charge on any atom is 0.231 e. The van der Waals surface area contributed by atoms with Gasteiger partial charge in [-0.05, 0) is 49.8 Å². The van der Waals surface area contributed by atoms with Crippen LogP contribution in [0.25, 0.3) is 0 Å². The third-order valence-electron chi connectivity index (χ3n) is 6.14. The van der Waals surface area contributed by atoms with E-state index in [1.807, 2.05) is 12.1 Å². The van der Waals surface area contributed by atoms with Gasteiger partial charge in [-0.1, -0.05) is 30.9 Å². The molecule has 1 aromatic carbocycles. The standard InChI is InChI=1S/C21H29ClN2O3/c22-18-11-20-19(26-14-27-20)10-16(18)12-23-9-8-17-6-7-21(25)24(17)13-15-4-2-1-3-5-15/h10-11,15,17,23H,1-9,12-14H2. The SMILES string of the molecule is O=C1CCC(CCNCc2cc3c(cc2Cl)OCO3)N1CC1CCCCC1. The van der Waals surface area contributed by atoms with Crippen LogP contribution in [0.5, 0.6) is 11.5 Å². The summed E-state index contributed by atoms with van der Waals surface area (Å²) in [4.78, 5) is 14.5. The highest BCUT2D eigenvalue weighted by Crippen LogP contribution is 2.36. The molecule has 3 aliphatic rings. The van der Waals surface area contributed by atoms with E-state index in [4.69, 9.17) is 21.1 Å². The Morgan fingerprint density at radius 1 is 1.11 bits per heavy atom. The first-order chi connectivity index (χ1) is 13.2. The Labute approximate surface area is 166 Å². The van der Waals surface area contributed by atoms with Gasteiger partial charge in [-0.2, -0.15) is 0 Å². The van der Waals surface area contributed by atoms with Crippen LogP contribution in [0.15, 0.2) is 12.1 Å². The summed E-state index contributed by atoms with van der Waals surface area (Å²) in [5.41, 5.74) is 1.02. The highest BCUT2D eigenvalue weighted by atomic mass is 35.5. The second kappa shape index (κ2) is 8.70. The maximum absolute atomic E-state index is 12.3. The summed E-state index contributed by atoms with van der Waals surface area (Å²) in [6.45, 7) is 2.80. The number of fused-ring (bicyclic) bond motifs is 1. The monoisotopic (exact) mass is 392 g/mol. The van der Waals surface area contributed by atoms with Gasteiger partial charge in [0.1, 0.15) is 0 Å². The zero-order valence-electron chi connectivity index (χ0n) is 15.8. The molecule has 0 spiro atoms. The largest absolute Gasteiger partial charge is 0.454 e. The molecular formula is C21H29ClN2O3. The van der Waals surface area contributed by atoms with Crippen molar-refractivity contribution < 1.29 is 14.3 Å². The number of carbonyl (C=O) groups is 1. The Morgan fingerprint density at radius 2 is 1.89 bits per heavy atom. The Morgan fingerprint density at radius 3 is 2.70 bits per heavy atom. The first-order valence-electron chi connectivity index (χ1n) is 10.3. The fourth-order valence-corrected chi connectivity index (χ4v) is 4.80. The van der Waals surface area contributed by atoms with Crippen molar-refractivity contribution in [2.24, 2.45) is 5.92 Å². The summed E-state index contributed by atoms with van der Waals surface area (Å²) in [5, 5.41) is 4.18. The highest BCUT2D eigenvalue weighted by molar-refractivity contribution is 6.31. The van der Waals surface area contributed by atoms with Gasteiger partial charge in [0.05, 0.1) is 0 Å². The zero-order valence-corrected chi connectivity index (χ0v) is 16.6. The Hall–Kier alpha value is -1.46. The predicted octanol–water partition coefficient (Wildman–Crippen LogP) is 4.12. The third kappa shape index (κ3) is 4.52. The van der Waals surface area contributed by atoms with E-state index in [2.05, 4.69) is 10.2 Å². The van der Waals surface area contributed by atoms with Crippen molar-refractivity contribution in [2.75, 3.05) is 19.9 Å². The number of nitrogens with zero attached hydrogens (tertiary/aromatic N) is 1. The molecule has 0 aromatic heterocycles. The average Bonchev–Trinajstić information content (AvgIpc) is 3.26. The number of amides is 1. The molecule has 2 fully saturated rings. The van der Waals surface area contributed by atoms with Gasteiger partial charge in [0, 0.05) is 36.6 Å². The van der Waals surface area contributed by atoms with E-state index in [1.165, 1.54) is 32.1 Å². The number of hydrogen-bond donors (Lipinski definition) is 1. The first kappa shape index (κ1) is 18.9. The van der Waals surface area contributed by atoms with Crippen molar-refractivity contribution in [3.05, 3.63) is 22.7 Å². The zero-order chi connectivity index (χ0) is 18.6. The van der Waals surface area contributed by atoms with Gasteiger partial charge in [0.25, 0.3) is 0 Å². The maximum atomic E-state index is 12.3. The molecule has 1 saturated heterocycles. The van der Waals surface area contributed by atoms with E-state index >= 15 is 0 Å². The topological polar surface area (TPSA) is 50.8 Å². The molecule has 4 rings (SSSR count). The first-order valence-corrected chi connectivity index (χ1v) is 10.7. The number of benzene rings is 1. The number of hydrogen-bond acceptors (Lipinski definition) is 4. The van der Waals surface area contributed by atoms with Crippen LogP contribution < -0.4 is 14.8 Å². The summed E-state index contributed by atoms with van der Waals surface area (Å²) in [5.74, 6) is 2.54. The van der Waals surface area contributed by atoms with Gasteiger partial charge < -0.3 is 19.7 Å². The van der Waals surface area contributed by atoms with Crippen molar-refractivity contribution in [2.45, 2.75) is 64.0 Å². The molecular weight excluding hydrogens is 364 g/mol. The van der Waals surface area contributed by atoms with Crippen LogP contribution in [0, 0.1) is 5.92 Å². The summed E-state index contributed by atoms with van der Waals surface area (Å²) in [6.07, 6.45) is 9.31. The molecule has 1 saturated carbocycles. The lowest BCUT2D eigenvalue weighted by atomic mass is 9.88. The van der Waals surface area contributed by atoms with E-state index in [-0.39, 0.29) is 6.79 Å². The molecule has 27 heavy (non-hydrogen) atoms. The van der Waals surface area contributed by atoms with Crippen molar-refractivity contribution in [3.63, 3.8) is 0 Å². The number of carbonyl (C=O) groups excluding carboxylic acids is 1.